The van der Waals surface area contributed by atoms with Crippen LogP contribution >= 0.6 is 0 Å². The van der Waals surface area contributed by atoms with E-state index < -0.39 is 0 Å². The number of benzene rings is 7. The summed E-state index contributed by atoms with van der Waals surface area (Å²) in [5.41, 5.74) is 11.2. The number of nitrogens with zero attached hydrogens (tertiary/aromatic N) is 2. The van der Waals surface area contributed by atoms with Crippen molar-refractivity contribution in [2.24, 2.45) is 0 Å². The fourth-order valence-electron chi connectivity index (χ4n) is 7.40. The molecule has 0 atom stereocenters. The van der Waals surface area contributed by atoms with Gasteiger partial charge in [0.15, 0.2) is 5.82 Å². The van der Waals surface area contributed by atoms with Gasteiger partial charge in [0.25, 0.3) is 0 Å². The second kappa shape index (κ2) is 13.2. The number of allylic oxidation sites excluding steroid dienone is 6. The Bertz CT molecular complexity index is 2690. The molecule has 242 valence electrons. The summed E-state index contributed by atoms with van der Waals surface area (Å²) in [4.78, 5) is 10.6. The first-order valence-corrected chi connectivity index (χ1v) is 17.8. The Morgan fingerprint density at radius 2 is 1.14 bits per heavy atom. The first kappa shape index (κ1) is 30.7. The molecule has 51 heavy (non-hydrogen) atoms. The molecule has 0 bridgehead atoms. The average Bonchev–Trinajstić information content (AvgIpc) is 3.46. The summed E-state index contributed by atoms with van der Waals surface area (Å²) in [5.74, 6) is 0.721. The van der Waals surface area contributed by atoms with Crippen LogP contribution in [0, 0.1) is 0 Å². The van der Waals surface area contributed by atoms with Gasteiger partial charge >= 0.3 is 0 Å². The lowest BCUT2D eigenvalue weighted by Crippen LogP contribution is -1.97. The van der Waals surface area contributed by atoms with Crippen molar-refractivity contribution in [3.8, 4) is 45.0 Å². The van der Waals surface area contributed by atoms with E-state index in [1.54, 1.807) is 0 Å². The lowest BCUT2D eigenvalue weighted by atomic mass is 9.95. The van der Waals surface area contributed by atoms with Gasteiger partial charge in [-0.1, -0.05) is 170 Å². The molecular weight excluding hydrogens is 617 g/mol. The van der Waals surface area contributed by atoms with E-state index in [1.165, 1.54) is 54.8 Å². The highest BCUT2D eigenvalue weighted by atomic mass is 14.9. The van der Waals surface area contributed by atoms with Gasteiger partial charge in [-0.2, -0.15) is 0 Å². The highest BCUT2D eigenvalue weighted by molar-refractivity contribution is 6.13. The molecule has 0 saturated heterocycles. The zero-order chi connectivity index (χ0) is 34.1. The molecule has 8 aromatic rings. The Hall–Kier alpha value is -6.38. The van der Waals surface area contributed by atoms with Gasteiger partial charge in [-0.3, -0.25) is 0 Å². The summed E-state index contributed by atoms with van der Waals surface area (Å²) in [6.07, 6.45) is 11.0. The fourth-order valence-corrected chi connectivity index (χ4v) is 7.40. The molecule has 0 spiro atoms. The first-order valence-electron chi connectivity index (χ1n) is 17.8. The van der Waals surface area contributed by atoms with Gasteiger partial charge in [0.05, 0.1) is 11.4 Å². The van der Waals surface area contributed by atoms with Crippen LogP contribution in [0.2, 0.25) is 0 Å². The fraction of sp³-hybridized carbons (Fsp3) is 0.0612. The van der Waals surface area contributed by atoms with Gasteiger partial charge in [0, 0.05) is 16.7 Å². The molecule has 1 aliphatic rings. The Kier molecular flexibility index (Phi) is 7.91. The van der Waals surface area contributed by atoms with Crippen molar-refractivity contribution in [2.45, 2.75) is 19.8 Å². The summed E-state index contributed by atoms with van der Waals surface area (Å²) in [6, 6.07) is 54.3. The predicted octanol–water partition coefficient (Wildman–Crippen LogP) is 13.3. The highest BCUT2D eigenvalue weighted by Gasteiger charge is 2.16. The number of hydrogen-bond donors (Lipinski definition) is 0. The summed E-state index contributed by atoms with van der Waals surface area (Å²) in [7, 11) is 0. The molecule has 0 amide bonds. The van der Waals surface area contributed by atoms with Crippen LogP contribution < -0.4 is 0 Å². The molecule has 0 N–H and O–H groups in total. The van der Waals surface area contributed by atoms with E-state index in [0.29, 0.717) is 0 Å². The second-order valence-corrected chi connectivity index (χ2v) is 13.2. The lowest BCUT2D eigenvalue weighted by Gasteiger charge is -2.14. The van der Waals surface area contributed by atoms with Gasteiger partial charge < -0.3 is 0 Å². The van der Waals surface area contributed by atoms with Crippen molar-refractivity contribution in [1.29, 1.82) is 0 Å². The van der Waals surface area contributed by atoms with E-state index in [4.69, 9.17) is 9.97 Å². The Labute approximate surface area is 298 Å². The second-order valence-electron chi connectivity index (χ2n) is 13.2. The summed E-state index contributed by atoms with van der Waals surface area (Å²) < 4.78 is 0. The van der Waals surface area contributed by atoms with Crippen molar-refractivity contribution >= 4 is 37.9 Å². The Morgan fingerprint density at radius 3 is 1.96 bits per heavy atom. The van der Waals surface area contributed by atoms with Gasteiger partial charge in [-0.05, 0) is 85.6 Å². The smallest absolute Gasteiger partial charge is 0.161 e. The topological polar surface area (TPSA) is 25.8 Å². The molecule has 0 saturated carbocycles. The molecular formula is C49H36N2. The zero-order valence-electron chi connectivity index (χ0n) is 28.6. The van der Waals surface area contributed by atoms with E-state index in [-0.39, 0.29) is 0 Å². The van der Waals surface area contributed by atoms with Crippen LogP contribution in [0.4, 0.5) is 0 Å². The van der Waals surface area contributed by atoms with Crippen molar-refractivity contribution in [2.75, 3.05) is 0 Å². The van der Waals surface area contributed by atoms with Crippen LogP contribution in [0.5, 0.6) is 0 Å². The number of hydrogen-bond acceptors (Lipinski definition) is 2. The Balaban J connectivity index is 1.20. The molecule has 2 nitrogen and oxygen atoms in total. The van der Waals surface area contributed by atoms with E-state index in [0.717, 1.165) is 52.1 Å². The van der Waals surface area contributed by atoms with Crippen LogP contribution in [0.25, 0.3) is 82.9 Å². The Morgan fingerprint density at radius 1 is 0.490 bits per heavy atom. The maximum atomic E-state index is 5.33. The summed E-state index contributed by atoms with van der Waals surface area (Å²) in [6.45, 7) is 2.22. The van der Waals surface area contributed by atoms with Crippen molar-refractivity contribution in [3.63, 3.8) is 0 Å². The van der Waals surface area contributed by atoms with E-state index >= 15 is 0 Å². The molecule has 0 fully saturated rings. The van der Waals surface area contributed by atoms with Crippen LogP contribution in [-0.2, 0) is 0 Å². The third-order valence-corrected chi connectivity index (χ3v) is 10.2. The minimum Gasteiger partial charge on any atom is -0.228 e. The minimum atomic E-state index is 0.721. The van der Waals surface area contributed by atoms with Crippen LogP contribution in [-0.4, -0.2) is 9.97 Å². The SMILES string of the molecule is CCC1=CC=CC(c2cccc(-c3cc(-c4ccc(-c5cccc6ccccc56)cc4)nc(-c4cc5ccccc5c5ccccc45)n3)c2)=CC1. The van der Waals surface area contributed by atoms with Gasteiger partial charge in [0.1, 0.15) is 0 Å². The standard InChI is InChI=1S/C49H36N2/c1-2-33-12-9-15-34(25-24-33)38-17-10-18-40(30-38)48-32-47(37-28-26-36(27-29-37)42-23-11-16-35-13-3-5-19-41(35)42)50-49(51-48)46-31-39-14-4-6-20-43(39)44-21-7-8-22-45(44)46/h3-23,25-32H,2,24H2,1H3. The van der Waals surface area contributed by atoms with Gasteiger partial charge in [-0.15, -0.1) is 0 Å². The van der Waals surface area contributed by atoms with Crippen LogP contribution in [0.15, 0.2) is 182 Å². The molecule has 1 aliphatic carbocycles. The quantitative estimate of drug-likeness (QED) is 0.167. The first-order chi connectivity index (χ1) is 25.2. The molecule has 1 aromatic heterocycles. The predicted molar refractivity (Wildman–Crippen MR) is 216 cm³/mol. The van der Waals surface area contributed by atoms with Crippen LogP contribution in [0.1, 0.15) is 25.3 Å². The van der Waals surface area contributed by atoms with Crippen molar-refractivity contribution < 1.29 is 0 Å². The summed E-state index contributed by atoms with van der Waals surface area (Å²) in [5, 5.41) is 7.25. The maximum Gasteiger partial charge on any atom is 0.161 e. The van der Waals surface area contributed by atoms with Gasteiger partial charge in [-0.25, -0.2) is 9.97 Å². The molecule has 7 aromatic carbocycles. The average molecular weight is 653 g/mol. The largest absolute Gasteiger partial charge is 0.228 e. The van der Waals surface area contributed by atoms with E-state index in [1.807, 2.05) is 0 Å². The molecule has 2 heteroatoms. The van der Waals surface area contributed by atoms with E-state index in [2.05, 4.69) is 183 Å². The monoisotopic (exact) mass is 652 g/mol. The highest BCUT2D eigenvalue weighted by Crippen LogP contribution is 2.37. The molecule has 1 heterocycles. The lowest BCUT2D eigenvalue weighted by molar-refractivity contribution is 1.04. The van der Waals surface area contributed by atoms with Gasteiger partial charge in [0.2, 0.25) is 0 Å². The van der Waals surface area contributed by atoms with Crippen molar-refractivity contribution in [3.05, 3.63) is 187 Å². The number of aromatic nitrogens is 2. The normalized spacial score (nSPS) is 13.0. The van der Waals surface area contributed by atoms with Crippen LogP contribution in [0.3, 0.4) is 0 Å². The molecule has 0 radical (unpaired) electrons. The van der Waals surface area contributed by atoms with E-state index in [9.17, 15) is 0 Å². The summed E-state index contributed by atoms with van der Waals surface area (Å²) >= 11 is 0. The molecule has 0 unspecified atom stereocenters. The number of rotatable bonds is 6. The zero-order valence-corrected chi connectivity index (χ0v) is 28.6. The number of fused-ring (bicyclic) bond motifs is 4. The molecule has 0 aliphatic heterocycles. The third kappa shape index (κ3) is 5.85. The minimum absolute atomic E-state index is 0.721. The maximum absolute atomic E-state index is 5.33. The molecule has 9 rings (SSSR count). The third-order valence-electron chi connectivity index (χ3n) is 10.2. The van der Waals surface area contributed by atoms with Crippen molar-refractivity contribution in [1.82, 2.24) is 9.97 Å².